The first-order chi connectivity index (χ1) is 10.6. The van der Waals surface area contributed by atoms with Crippen LogP contribution >= 0.6 is 0 Å². The summed E-state index contributed by atoms with van der Waals surface area (Å²) in [6.45, 7) is 6.48. The lowest BCUT2D eigenvalue weighted by Gasteiger charge is -2.13. The Balaban J connectivity index is 2.10. The number of pyridine rings is 1. The third-order valence-electron chi connectivity index (χ3n) is 4.12. The molecule has 1 aromatic carbocycles. The molecule has 0 saturated heterocycles. The Morgan fingerprint density at radius 3 is 2.73 bits per heavy atom. The normalized spacial score (nSPS) is 11.8. The van der Waals surface area contributed by atoms with Gasteiger partial charge in [-0.3, -0.25) is 10.1 Å². The van der Waals surface area contributed by atoms with Gasteiger partial charge >= 0.3 is 0 Å². The number of aromatic nitrogens is 4. The molecule has 4 rings (SSSR count). The summed E-state index contributed by atoms with van der Waals surface area (Å²) < 4.78 is 2.33. The predicted octanol–water partition coefficient (Wildman–Crippen LogP) is 4.33. The monoisotopic (exact) mass is 290 g/mol. The number of H-pyrrole nitrogens is 1. The molecule has 0 aliphatic rings. The van der Waals surface area contributed by atoms with Crippen molar-refractivity contribution in [1.29, 1.82) is 0 Å². The molecule has 22 heavy (non-hydrogen) atoms. The lowest BCUT2D eigenvalue weighted by atomic mass is 10.1. The number of benzene rings is 1. The number of rotatable bonds is 2. The van der Waals surface area contributed by atoms with Gasteiger partial charge in [-0.1, -0.05) is 13.8 Å². The van der Waals surface area contributed by atoms with Gasteiger partial charge in [0.2, 0.25) is 0 Å². The van der Waals surface area contributed by atoms with Crippen molar-refractivity contribution in [1.82, 2.24) is 19.7 Å². The number of aryl methyl sites for hydroxylation is 1. The molecule has 3 aromatic heterocycles. The van der Waals surface area contributed by atoms with E-state index in [0.717, 1.165) is 22.3 Å². The van der Waals surface area contributed by atoms with E-state index in [1.54, 1.807) is 0 Å². The third-order valence-corrected chi connectivity index (χ3v) is 4.12. The molecule has 110 valence electrons. The highest BCUT2D eigenvalue weighted by Crippen LogP contribution is 2.31. The van der Waals surface area contributed by atoms with E-state index in [1.807, 2.05) is 19.3 Å². The van der Waals surface area contributed by atoms with E-state index in [-0.39, 0.29) is 0 Å². The summed E-state index contributed by atoms with van der Waals surface area (Å²) in [4.78, 5) is 4.32. The SMILES string of the molecule is Cc1cc(-n2c(C(C)C)cc3cc4[nH]ncc4cc32)ccn1. The molecule has 4 nitrogen and oxygen atoms in total. The standard InChI is InChI=1S/C18H18N4/c1-11(2)17-8-13-7-16-14(10-20-21-16)9-18(13)22(17)15-4-5-19-12(3)6-15/h4-11H,1-3H3,(H,20,21). The van der Waals surface area contributed by atoms with Crippen LogP contribution in [0.4, 0.5) is 0 Å². The number of nitrogens with one attached hydrogen (secondary N) is 1. The molecule has 4 aromatic rings. The molecular formula is C18H18N4. The molecule has 4 heteroatoms. The Kier molecular flexibility index (Phi) is 2.79. The zero-order valence-electron chi connectivity index (χ0n) is 13.0. The van der Waals surface area contributed by atoms with E-state index in [0.29, 0.717) is 5.92 Å². The zero-order valence-corrected chi connectivity index (χ0v) is 13.0. The minimum Gasteiger partial charge on any atom is -0.313 e. The maximum absolute atomic E-state index is 4.32. The Labute approximate surface area is 128 Å². The predicted molar refractivity (Wildman–Crippen MR) is 89.5 cm³/mol. The van der Waals surface area contributed by atoms with Gasteiger partial charge in [-0.15, -0.1) is 0 Å². The molecule has 1 N–H and O–H groups in total. The molecule has 0 fully saturated rings. The van der Waals surface area contributed by atoms with Gasteiger partial charge in [-0.25, -0.2) is 0 Å². The van der Waals surface area contributed by atoms with Crippen LogP contribution in [0, 0.1) is 6.92 Å². The Bertz CT molecular complexity index is 975. The van der Waals surface area contributed by atoms with Gasteiger partial charge in [0.15, 0.2) is 0 Å². The fraction of sp³-hybridized carbons (Fsp3) is 0.222. The first-order valence-electron chi connectivity index (χ1n) is 7.55. The van der Waals surface area contributed by atoms with Gasteiger partial charge in [-0.05, 0) is 43.2 Å². The van der Waals surface area contributed by atoms with Crippen LogP contribution in [0.2, 0.25) is 0 Å². The van der Waals surface area contributed by atoms with Crippen molar-refractivity contribution in [2.45, 2.75) is 26.7 Å². The second-order valence-electron chi connectivity index (χ2n) is 6.08. The first kappa shape index (κ1) is 13.1. The van der Waals surface area contributed by atoms with Crippen LogP contribution in [0.25, 0.3) is 27.5 Å². The van der Waals surface area contributed by atoms with Gasteiger partial charge in [0.05, 0.1) is 17.2 Å². The number of nitrogens with zero attached hydrogens (tertiary/aromatic N) is 3. The molecule has 0 bridgehead atoms. The Morgan fingerprint density at radius 2 is 1.95 bits per heavy atom. The second kappa shape index (κ2) is 4.70. The maximum Gasteiger partial charge on any atom is 0.0657 e. The van der Waals surface area contributed by atoms with Gasteiger partial charge in [0, 0.05) is 34.0 Å². The minimum atomic E-state index is 0.442. The second-order valence-corrected chi connectivity index (χ2v) is 6.08. The van der Waals surface area contributed by atoms with Crippen LogP contribution in [-0.2, 0) is 0 Å². The van der Waals surface area contributed by atoms with Gasteiger partial charge in [0.1, 0.15) is 0 Å². The number of fused-ring (bicyclic) bond motifs is 2. The minimum absolute atomic E-state index is 0.442. The van der Waals surface area contributed by atoms with Crippen molar-refractivity contribution in [3.8, 4) is 5.69 Å². The largest absolute Gasteiger partial charge is 0.313 e. The summed E-state index contributed by atoms with van der Waals surface area (Å²) in [5, 5.41) is 9.55. The zero-order chi connectivity index (χ0) is 15.3. The first-order valence-corrected chi connectivity index (χ1v) is 7.55. The van der Waals surface area contributed by atoms with Crippen molar-refractivity contribution < 1.29 is 0 Å². The lowest BCUT2D eigenvalue weighted by molar-refractivity contribution is 0.795. The average Bonchev–Trinajstić information content (AvgIpc) is 3.07. The molecule has 0 aliphatic carbocycles. The quantitative estimate of drug-likeness (QED) is 0.597. The fourth-order valence-corrected chi connectivity index (χ4v) is 3.05. The van der Waals surface area contributed by atoms with Crippen LogP contribution in [0.15, 0.2) is 42.7 Å². The highest BCUT2D eigenvalue weighted by molar-refractivity contribution is 5.96. The van der Waals surface area contributed by atoms with E-state index in [2.05, 4.69) is 63.9 Å². The van der Waals surface area contributed by atoms with Crippen LogP contribution in [0.3, 0.4) is 0 Å². The Morgan fingerprint density at radius 1 is 1.09 bits per heavy atom. The summed E-state index contributed by atoms with van der Waals surface area (Å²) >= 11 is 0. The summed E-state index contributed by atoms with van der Waals surface area (Å²) in [6, 6.07) is 10.8. The van der Waals surface area contributed by atoms with Gasteiger partial charge < -0.3 is 4.57 Å². The van der Waals surface area contributed by atoms with Crippen molar-refractivity contribution in [3.05, 3.63) is 54.1 Å². The van der Waals surface area contributed by atoms with E-state index < -0.39 is 0 Å². The van der Waals surface area contributed by atoms with Crippen molar-refractivity contribution >= 4 is 21.8 Å². The van der Waals surface area contributed by atoms with E-state index >= 15 is 0 Å². The van der Waals surface area contributed by atoms with Crippen molar-refractivity contribution in [2.75, 3.05) is 0 Å². The number of hydrogen-bond acceptors (Lipinski definition) is 2. The maximum atomic E-state index is 4.32. The molecule has 0 atom stereocenters. The molecule has 0 aliphatic heterocycles. The summed E-state index contributed by atoms with van der Waals surface area (Å²) in [6.07, 6.45) is 3.75. The molecule has 3 heterocycles. The lowest BCUT2D eigenvalue weighted by Crippen LogP contribution is -2.02. The highest BCUT2D eigenvalue weighted by atomic mass is 15.1. The topological polar surface area (TPSA) is 46.5 Å². The molecule has 0 spiro atoms. The summed E-state index contributed by atoms with van der Waals surface area (Å²) in [7, 11) is 0. The van der Waals surface area contributed by atoms with Crippen LogP contribution < -0.4 is 0 Å². The molecular weight excluding hydrogens is 272 g/mol. The average molecular weight is 290 g/mol. The molecule has 0 radical (unpaired) electrons. The van der Waals surface area contributed by atoms with E-state index in [1.165, 1.54) is 16.6 Å². The van der Waals surface area contributed by atoms with Gasteiger partial charge in [0.25, 0.3) is 0 Å². The summed E-state index contributed by atoms with van der Waals surface area (Å²) in [5.41, 5.74) is 5.78. The van der Waals surface area contributed by atoms with E-state index in [4.69, 9.17) is 0 Å². The third kappa shape index (κ3) is 1.91. The van der Waals surface area contributed by atoms with Crippen LogP contribution in [-0.4, -0.2) is 19.7 Å². The van der Waals surface area contributed by atoms with Crippen molar-refractivity contribution in [2.24, 2.45) is 0 Å². The van der Waals surface area contributed by atoms with Gasteiger partial charge in [-0.2, -0.15) is 5.10 Å². The smallest absolute Gasteiger partial charge is 0.0657 e. The van der Waals surface area contributed by atoms with Crippen molar-refractivity contribution in [3.63, 3.8) is 0 Å². The number of aromatic amines is 1. The fourth-order valence-electron chi connectivity index (χ4n) is 3.05. The Hall–Kier alpha value is -2.62. The number of hydrogen-bond donors (Lipinski definition) is 1. The van der Waals surface area contributed by atoms with E-state index in [9.17, 15) is 0 Å². The van der Waals surface area contributed by atoms with Crippen LogP contribution in [0.1, 0.15) is 31.2 Å². The van der Waals surface area contributed by atoms with Crippen LogP contribution in [0.5, 0.6) is 0 Å². The summed E-state index contributed by atoms with van der Waals surface area (Å²) in [5.74, 6) is 0.442. The molecule has 0 unspecified atom stereocenters. The highest BCUT2D eigenvalue weighted by Gasteiger charge is 2.14. The molecule has 0 saturated carbocycles. The molecule has 0 amide bonds.